The predicted molar refractivity (Wildman–Crippen MR) is 68.8 cm³/mol. The number of aryl methyl sites for hydroxylation is 1. The van der Waals surface area contributed by atoms with Crippen molar-refractivity contribution in [3.63, 3.8) is 0 Å². The van der Waals surface area contributed by atoms with Crippen molar-refractivity contribution in [2.24, 2.45) is 0 Å². The van der Waals surface area contributed by atoms with Crippen molar-refractivity contribution >= 4 is 11.3 Å². The lowest BCUT2D eigenvalue weighted by Crippen LogP contribution is -2.04. The van der Waals surface area contributed by atoms with Crippen LogP contribution in [-0.2, 0) is 13.0 Å². The van der Waals surface area contributed by atoms with Crippen LogP contribution in [0.15, 0.2) is 24.3 Å². The Bertz CT molecular complexity index is 508. The zero-order valence-electron chi connectivity index (χ0n) is 9.96. The van der Waals surface area contributed by atoms with Gasteiger partial charge in [0.1, 0.15) is 5.82 Å². The molecule has 0 bridgehead atoms. The zero-order valence-corrected chi connectivity index (χ0v) is 10.8. The topological polar surface area (TPSA) is 24.9 Å². The summed E-state index contributed by atoms with van der Waals surface area (Å²) in [7, 11) is 1.92. The van der Waals surface area contributed by atoms with Crippen LogP contribution in [0.25, 0.3) is 0 Å². The van der Waals surface area contributed by atoms with E-state index in [0.717, 1.165) is 22.8 Å². The van der Waals surface area contributed by atoms with E-state index >= 15 is 0 Å². The second-order valence-electron chi connectivity index (χ2n) is 3.95. The number of hydrogen-bond donors (Lipinski definition) is 1. The Balaban J connectivity index is 2.16. The molecule has 1 N–H and O–H groups in total. The fourth-order valence-electron chi connectivity index (χ4n) is 1.71. The monoisotopic (exact) mass is 250 g/mol. The molecule has 2 aromatic rings. The minimum absolute atomic E-state index is 0.189. The molecule has 1 aromatic heterocycles. The van der Waals surface area contributed by atoms with Gasteiger partial charge in [0.05, 0.1) is 10.7 Å². The van der Waals surface area contributed by atoms with Gasteiger partial charge in [-0.25, -0.2) is 9.37 Å². The Morgan fingerprint density at radius 2 is 2.24 bits per heavy atom. The first-order valence-electron chi connectivity index (χ1n) is 5.53. The van der Waals surface area contributed by atoms with Crippen molar-refractivity contribution in [3.8, 4) is 0 Å². The first-order chi connectivity index (χ1) is 8.19. The van der Waals surface area contributed by atoms with Crippen LogP contribution in [-0.4, -0.2) is 12.0 Å². The molecule has 0 amide bonds. The molecule has 2 nitrogen and oxygen atoms in total. The second-order valence-corrected chi connectivity index (χ2v) is 5.12. The zero-order chi connectivity index (χ0) is 12.3. The molecule has 0 fully saturated rings. The number of rotatable bonds is 4. The highest BCUT2D eigenvalue weighted by Gasteiger charge is 2.07. The van der Waals surface area contributed by atoms with Gasteiger partial charge < -0.3 is 5.32 Å². The van der Waals surface area contributed by atoms with E-state index in [1.165, 1.54) is 10.9 Å². The van der Waals surface area contributed by atoms with Crippen LogP contribution < -0.4 is 5.32 Å². The molecule has 0 aliphatic carbocycles. The largest absolute Gasteiger partial charge is 0.315 e. The third-order valence-electron chi connectivity index (χ3n) is 2.52. The van der Waals surface area contributed by atoms with Crippen molar-refractivity contribution in [2.45, 2.75) is 19.9 Å². The van der Waals surface area contributed by atoms with Crippen LogP contribution in [0.4, 0.5) is 4.39 Å². The molecular formula is C13H15FN2S. The average Bonchev–Trinajstić information content (AvgIpc) is 2.60. The molecular weight excluding hydrogens is 235 g/mol. The molecule has 2 rings (SSSR count). The van der Waals surface area contributed by atoms with Crippen LogP contribution >= 0.6 is 11.3 Å². The second kappa shape index (κ2) is 5.38. The van der Waals surface area contributed by atoms with Gasteiger partial charge in [-0.05, 0) is 31.7 Å². The molecule has 0 aliphatic rings. The number of halogens is 1. The summed E-state index contributed by atoms with van der Waals surface area (Å²) in [5.41, 5.74) is 2.03. The molecule has 0 unspecified atom stereocenters. The van der Waals surface area contributed by atoms with E-state index in [1.807, 2.05) is 20.0 Å². The van der Waals surface area contributed by atoms with Gasteiger partial charge in [0.15, 0.2) is 0 Å². The highest BCUT2D eigenvalue weighted by Crippen LogP contribution is 2.20. The smallest absolute Gasteiger partial charge is 0.123 e. The Hall–Kier alpha value is -1.26. The molecule has 4 heteroatoms. The van der Waals surface area contributed by atoms with E-state index in [4.69, 9.17) is 0 Å². The Labute approximate surface area is 105 Å². The summed E-state index contributed by atoms with van der Waals surface area (Å²) in [6.45, 7) is 2.85. The SMILES string of the molecule is CNCc1sc(Cc2cccc(F)c2)nc1C. The van der Waals surface area contributed by atoms with E-state index in [-0.39, 0.29) is 5.82 Å². The summed E-state index contributed by atoms with van der Waals surface area (Å²) < 4.78 is 13.0. The highest BCUT2D eigenvalue weighted by molar-refractivity contribution is 7.11. The van der Waals surface area contributed by atoms with E-state index in [2.05, 4.69) is 10.3 Å². The van der Waals surface area contributed by atoms with Crippen molar-refractivity contribution < 1.29 is 4.39 Å². The van der Waals surface area contributed by atoms with E-state index in [1.54, 1.807) is 23.5 Å². The quantitative estimate of drug-likeness (QED) is 0.902. The Morgan fingerprint density at radius 3 is 2.94 bits per heavy atom. The van der Waals surface area contributed by atoms with Crippen LogP contribution in [0.5, 0.6) is 0 Å². The highest BCUT2D eigenvalue weighted by atomic mass is 32.1. The van der Waals surface area contributed by atoms with Crippen LogP contribution in [0, 0.1) is 12.7 Å². The molecule has 90 valence electrons. The molecule has 0 atom stereocenters. The maximum Gasteiger partial charge on any atom is 0.123 e. The van der Waals surface area contributed by atoms with Gasteiger partial charge in [0.2, 0.25) is 0 Å². The first-order valence-corrected chi connectivity index (χ1v) is 6.35. The van der Waals surface area contributed by atoms with Crippen molar-refractivity contribution in [3.05, 3.63) is 51.2 Å². The lowest BCUT2D eigenvalue weighted by Gasteiger charge is -1.97. The molecule has 0 saturated heterocycles. The number of benzene rings is 1. The normalized spacial score (nSPS) is 10.8. The van der Waals surface area contributed by atoms with Gasteiger partial charge in [0.25, 0.3) is 0 Å². The summed E-state index contributed by atoms with van der Waals surface area (Å²) in [4.78, 5) is 5.76. The van der Waals surface area contributed by atoms with Gasteiger partial charge in [-0.3, -0.25) is 0 Å². The molecule has 0 spiro atoms. The molecule has 0 saturated carbocycles. The summed E-state index contributed by atoms with van der Waals surface area (Å²) in [6.07, 6.45) is 0.701. The minimum atomic E-state index is -0.189. The summed E-state index contributed by atoms with van der Waals surface area (Å²) in [6, 6.07) is 6.69. The first kappa shape index (κ1) is 12.2. The standard InChI is InChI=1S/C13H15FN2S/c1-9-12(8-15-2)17-13(16-9)7-10-4-3-5-11(14)6-10/h3-6,15H,7-8H2,1-2H3. The maximum absolute atomic E-state index is 13.0. The minimum Gasteiger partial charge on any atom is -0.315 e. The fraction of sp³-hybridized carbons (Fsp3) is 0.308. The van der Waals surface area contributed by atoms with Crippen molar-refractivity contribution in [1.29, 1.82) is 0 Å². The van der Waals surface area contributed by atoms with Crippen molar-refractivity contribution in [2.75, 3.05) is 7.05 Å². The average molecular weight is 250 g/mol. The van der Waals surface area contributed by atoms with Crippen LogP contribution in [0.1, 0.15) is 21.1 Å². The van der Waals surface area contributed by atoms with Gasteiger partial charge in [-0.15, -0.1) is 11.3 Å². The molecule has 0 aliphatic heterocycles. The number of thiazole rings is 1. The number of nitrogens with zero attached hydrogens (tertiary/aromatic N) is 1. The number of nitrogens with one attached hydrogen (secondary N) is 1. The van der Waals surface area contributed by atoms with Gasteiger partial charge >= 0.3 is 0 Å². The summed E-state index contributed by atoms with van der Waals surface area (Å²) >= 11 is 1.69. The van der Waals surface area contributed by atoms with E-state index < -0.39 is 0 Å². The Morgan fingerprint density at radius 1 is 1.41 bits per heavy atom. The fourth-order valence-corrected chi connectivity index (χ4v) is 2.83. The molecule has 1 aromatic carbocycles. The van der Waals surface area contributed by atoms with Gasteiger partial charge in [-0.2, -0.15) is 0 Å². The third-order valence-corrected chi connectivity index (χ3v) is 3.68. The van der Waals surface area contributed by atoms with Crippen LogP contribution in [0.2, 0.25) is 0 Å². The number of hydrogen-bond acceptors (Lipinski definition) is 3. The molecule has 17 heavy (non-hydrogen) atoms. The lowest BCUT2D eigenvalue weighted by atomic mass is 10.1. The Kier molecular flexibility index (Phi) is 3.86. The summed E-state index contributed by atoms with van der Waals surface area (Å²) in [5.74, 6) is -0.189. The van der Waals surface area contributed by atoms with Crippen molar-refractivity contribution in [1.82, 2.24) is 10.3 Å². The lowest BCUT2D eigenvalue weighted by molar-refractivity contribution is 0.626. The van der Waals surface area contributed by atoms with E-state index in [0.29, 0.717) is 6.42 Å². The van der Waals surface area contributed by atoms with E-state index in [9.17, 15) is 4.39 Å². The maximum atomic E-state index is 13.0. The van der Waals surface area contributed by atoms with Gasteiger partial charge in [0, 0.05) is 17.8 Å². The van der Waals surface area contributed by atoms with Crippen LogP contribution in [0.3, 0.4) is 0 Å². The predicted octanol–water partition coefficient (Wildman–Crippen LogP) is 2.90. The summed E-state index contributed by atoms with van der Waals surface area (Å²) in [5, 5.41) is 4.16. The van der Waals surface area contributed by atoms with Gasteiger partial charge in [-0.1, -0.05) is 12.1 Å². The molecule has 1 heterocycles. The molecule has 0 radical (unpaired) electrons. The third kappa shape index (κ3) is 3.11. The number of aromatic nitrogens is 1.